The van der Waals surface area contributed by atoms with Gasteiger partial charge < -0.3 is 29.8 Å². The molecule has 16 heteroatoms. The van der Waals surface area contributed by atoms with Crippen molar-refractivity contribution in [2.45, 2.75) is 84.8 Å². The van der Waals surface area contributed by atoms with Gasteiger partial charge >= 0.3 is 11.9 Å². The normalized spacial score (nSPS) is 14.3. The lowest BCUT2D eigenvalue weighted by molar-refractivity contribution is -0.148. The van der Waals surface area contributed by atoms with E-state index in [-0.39, 0.29) is 45.2 Å². The van der Waals surface area contributed by atoms with E-state index in [0.29, 0.717) is 36.4 Å². The summed E-state index contributed by atoms with van der Waals surface area (Å²) in [4.78, 5) is 38.5. The van der Waals surface area contributed by atoms with Crippen LogP contribution in [-0.4, -0.2) is 81.0 Å². The number of carbonyl (C=O) groups excluding carboxylic acids is 2. The van der Waals surface area contributed by atoms with E-state index < -0.39 is 37.8 Å². The zero-order chi connectivity index (χ0) is 31.8. The fourth-order valence-electron chi connectivity index (χ4n) is 4.01. The molecule has 3 unspecified atom stereocenters. The number of nitrogens with one attached hydrogen (secondary N) is 2. The highest BCUT2D eigenvalue weighted by molar-refractivity contribution is 7.59. The van der Waals surface area contributed by atoms with Gasteiger partial charge in [0.2, 0.25) is 5.95 Å². The summed E-state index contributed by atoms with van der Waals surface area (Å²) in [5.74, 6) is 5.78. The molecular weight excluding hydrogens is 577 g/mol. The predicted molar refractivity (Wildman–Crippen MR) is 166 cm³/mol. The molecule has 0 aliphatic carbocycles. The van der Waals surface area contributed by atoms with Crippen LogP contribution in [0.5, 0.6) is 0 Å². The van der Waals surface area contributed by atoms with Crippen LogP contribution in [0.4, 0.5) is 11.8 Å². The Kier molecular flexibility index (Phi) is 15.6. The quantitative estimate of drug-likeness (QED) is 0.0371. The summed E-state index contributed by atoms with van der Waals surface area (Å²) < 4.78 is 33.7. The van der Waals surface area contributed by atoms with Crippen LogP contribution in [0, 0.1) is 0 Å². The molecule has 0 aliphatic rings. The highest BCUT2D eigenvalue weighted by Crippen LogP contribution is 2.46. The maximum atomic E-state index is 14.4. The molecule has 0 bridgehead atoms. The van der Waals surface area contributed by atoms with Crippen LogP contribution in [0.2, 0.25) is 0 Å². The topological polar surface area (TPSA) is 202 Å². The molecule has 2 heterocycles. The number of anilines is 2. The van der Waals surface area contributed by atoms with Gasteiger partial charge in [0.25, 0.3) is 7.44 Å². The van der Waals surface area contributed by atoms with Crippen LogP contribution in [0.15, 0.2) is 19.0 Å². The summed E-state index contributed by atoms with van der Waals surface area (Å²) in [6.45, 7) is 12.5. The number of rotatable bonds is 22. The van der Waals surface area contributed by atoms with Crippen molar-refractivity contribution in [2.75, 3.05) is 43.8 Å². The first-order valence-corrected chi connectivity index (χ1v) is 16.6. The van der Waals surface area contributed by atoms with E-state index in [1.165, 1.54) is 0 Å². The van der Waals surface area contributed by atoms with Crippen molar-refractivity contribution >= 4 is 42.3 Å². The second-order valence-electron chi connectivity index (χ2n) is 9.89. The molecule has 0 saturated heterocycles. The van der Waals surface area contributed by atoms with Crippen molar-refractivity contribution in [1.29, 1.82) is 0 Å². The summed E-state index contributed by atoms with van der Waals surface area (Å²) in [5, 5.41) is 5.96. The first kappa shape index (κ1) is 36.1. The van der Waals surface area contributed by atoms with Gasteiger partial charge in [-0.1, -0.05) is 46.6 Å². The lowest BCUT2D eigenvalue weighted by Gasteiger charge is -2.34. The first-order chi connectivity index (χ1) is 20.6. The highest BCUT2D eigenvalue weighted by Gasteiger charge is 2.40. The Balaban J connectivity index is 2.22. The number of hydrogen-bond acceptors (Lipinski definition) is 12. The number of fused-ring (bicyclic) bond motifs is 1. The van der Waals surface area contributed by atoms with Crippen LogP contribution in [-0.2, 0) is 34.9 Å². The molecule has 242 valence electrons. The molecule has 43 heavy (non-hydrogen) atoms. The smallest absolute Gasteiger partial charge is 0.325 e. The molecule has 0 amide bonds. The third-order valence-corrected chi connectivity index (χ3v) is 8.80. The fraction of sp³-hybridized carbons (Fsp3) is 0.667. The third kappa shape index (κ3) is 10.5. The molecule has 0 aromatic carbocycles. The second kappa shape index (κ2) is 18.5. The standard InChI is InChI=1S/C27H48N9O6P/c1-6-11-15-41-25(37)20(9-4)34-43(39,36(29)21(10-5)26(38)42-16-12-7-2)19-40-17-14-35-18-31-22-23(30-13-8-3)32-27(28)33-24(22)35/h8,18,20-21H,3,6-7,9-17,19,29H2,1-2,4-5H3,(H,34,39)(H3,28,30,32,33). The van der Waals surface area contributed by atoms with E-state index in [2.05, 4.69) is 31.9 Å². The van der Waals surface area contributed by atoms with E-state index in [4.69, 9.17) is 25.8 Å². The number of unbranched alkanes of at least 4 members (excludes halogenated alkanes) is 2. The van der Waals surface area contributed by atoms with E-state index in [9.17, 15) is 14.2 Å². The number of nitrogens with two attached hydrogens (primary N) is 2. The van der Waals surface area contributed by atoms with E-state index in [1.54, 1.807) is 30.8 Å². The summed E-state index contributed by atoms with van der Waals surface area (Å²) in [6.07, 6.45) is 6.49. The maximum Gasteiger partial charge on any atom is 0.325 e. The summed E-state index contributed by atoms with van der Waals surface area (Å²) in [7, 11) is -3.88. The predicted octanol–water partition coefficient (Wildman–Crippen LogP) is 3.18. The number of hydrazine groups is 1. The number of nitrogen functional groups attached to an aromatic ring is 1. The number of ether oxygens (including phenoxy) is 3. The van der Waals surface area contributed by atoms with E-state index >= 15 is 0 Å². The van der Waals surface area contributed by atoms with Gasteiger partial charge in [-0.2, -0.15) is 14.7 Å². The summed E-state index contributed by atoms with van der Waals surface area (Å²) >= 11 is 0. The Labute approximate surface area is 253 Å². The number of imidazole rings is 1. The first-order valence-electron chi connectivity index (χ1n) is 14.8. The lowest BCUT2D eigenvalue weighted by Crippen LogP contribution is -2.50. The molecule has 3 atom stereocenters. The molecular formula is C27H48N9O6P. The zero-order valence-corrected chi connectivity index (χ0v) is 26.7. The summed E-state index contributed by atoms with van der Waals surface area (Å²) in [6, 6.07) is -1.95. The SMILES string of the molecule is C=CCNc1nc(N)nc2c1ncn2CCOCP(=O)(NC(CC)C(=O)OCCCC)N(N)C(CC)C(=O)OCCCC. The minimum absolute atomic E-state index is 0.0714. The second-order valence-corrected chi connectivity index (χ2v) is 12.3. The van der Waals surface area contributed by atoms with Crippen molar-refractivity contribution in [1.82, 2.24) is 29.4 Å². The Morgan fingerprint density at radius 1 is 1.09 bits per heavy atom. The molecule has 2 aromatic rings. The van der Waals surface area contributed by atoms with Crippen molar-refractivity contribution in [2.24, 2.45) is 5.84 Å². The van der Waals surface area contributed by atoms with E-state index in [0.717, 1.165) is 17.6 Å². The molecule has 0 spiro atoms. The number of nitrogens with zero attached hydrogens (tertiary/aromatic N) is 5. The number of hydrogen-bond donors (Lipinski definition) is 4. The monoisotopic (exact) mass is 625 g/mol. The van der Waals surface area contributed by atoms with Crippen molar-refractivity contribution < 1.29 is 28.4 Å². The average Bonchev–Trinajstić information content (AvgIpc) is 3.39. The van der Waals surface area contributed by atoms with Crippen LogP contribution in [0.25, 0.3) is 11.2 Å². The van der Waals surface area contributed by atoms with Crippen LogP contribution >= 0.6 is 7.44 Å². The van der Waals surface area contributed by atoms with Crippen LogP contribution in [0.1, 0.15) is 66.2 Å². The van der Waals surface area contributed by atoms with Crippen molar-refractivity contribution in [3.63, 3.8) is 0 Å². The third-order valence-electron chi connectivity index (χ3n) is 6.52. The van der Waals surface area contributed by atoms with Gasteiger partial charge in [0.15, 0.2) is 17.0 Å². The van der Waals surface area contributed by atoms with Gasteiger partial charge in [0.1, 0.15) is 18.4 Å². The Bertz CT molecular complexity index is 1230. The minimum Gasteiger partial charge on any atom is -0.465 e. The van der Waals surface area contributed by atoms with Gasteiger partial charge in [-0.25, -0.2) is 10.1 Å². The average molecular weight is 626 g/mol. The van der Waals surface area contributed by atoms with Gasteiger partial charge in [-0.05, 0) is 25.7 Å². The van der Waals surface area contributed by atoms with Crippen molar-refractivity contribution in [3.05, 3.63) is 19.0 Å². The minimum atomic E-state index is -3.88. The van der Waals surface area contributed by atoms with E-state index in [1.807, 2.05) is 13.8 Å². The molecule has 0 saturated carbocycles. The molecule has 0 fully saturated rings. The Hall–Kier alpha value is -3.10. The Morgan fingerprint density at radius 3 is 2.37 bits per heavy atom. The van der Waals surface area contributed by atoms with Gasteiger partial charge in [-0.15, -0.1) is 6.58 Å². The lowest BCUT2D eigenvalue weighted by atomic mass is 10.2. The number of aromatic nitrogens is 4. The molecule has 2 aromatic heterocycles. The largest absolute Gasteiger partial charge is 0.465 e. The molecule has 6 N–H and O–H groups in total. The van der Waals surface area contributed by atoms with Gasteiger partial charge in [0.05, 0.1) is 26.1 Å². The van der Waals surface area contributed by atoms with Crippen molar-refractivity contribution in [3.8, 4) is 0 Å². The molecule has 0 radical (unpaired) electrons. The summed E-state index contributed by atoms with van der Waals surface area (Å²) in [5.41, 5.74) is 6.91. The van der Waals surface area contributed by atoms with Gasteiger partial charge in [-0.3, -0.25) is 20.0 Å². The molecule has 0 aliphatic heterocycles. The maximum absolute atomic E-state index is 14.4. The number of esters is 2. The molecule has 15 nitrogen and oxygen atoms in total. The molecule has 2 rings (SSSR count). The fourth-order valence-corrected chi connectivity index (χ4v) is 6.21. The number of carbonyl (C=O) groups is 2. The van der Waals surface area contributed by atoms with Crippen LogP contribution in [0.3, 0.4) is 0 Å². The van der Waals surface area contributed by atoms with Crippen LogP contribution < -0.4 is 22.0 Å². The zero-order valence-electron chi connectivity index (χ0n) is 25.8. The highest BCUT2D eigenvalue weighted by atomic mass is 31.2. The van der Waals surface area contributed by atoms with Gasteiger partial charge in [0, 0.05) is 13.1 Å². The Morgan fingerprint density at radius 2 is 1.77 bits per heavy atom.